The number of ether oxygens (including phenoxy) is 1. The van der Waals surface area contributed by atoms with E-state index in [9.17, 15) is 10.5 Å². The molecule has 1 aromatic carbocycles. The molecule has 1 N–H and O–H groups in total. The molecular weight excluding hydrogens is 502 g/mol. The first-order valence-electron chi connectivity index (χ1n) is 13.8. The molecule has 0 spiro atoms. The molecule has 204 valence electrons. The minimum Gasteiger partial charge on any atom is -0.490 e. The number of benzene rings is 1. The third kappa shape index (κ3) is 5.04. The van der Waals surface area contributed by atoms with Gasteiger partial charge in [0.25, 0.3) is 0 Å². The lowest BCUT2D eigenvalue weighted by Crippen LogP contribution is -2.58. The molecule has 40 heavy (non-hydrogen) atoms. The highest BCUT2D eigenvalue weighted by Crippen LogP contribution is 2.45. The molecule has 0 amide bonds. The Morgan fingerprint density at radius 1 is 1.15 bits per heavy atom. The van der Waals surface area contributed by atoms with Crippen LogP contribution >= 0.6 is 0 Å². The summed E-state index contributed by atoms with van der Waals surface area (Å²) in [5.74, 6) is 0.779. The third-order valence-corrected chi connectivity index (χ3v) is 8.23. The first-order valence-corrected chi connectivity index (χ1v) is 13.8. The normalized spacial score (nSPS) is 21.7. The van der Waals surface area contributed by atoms with Crippen molar-refractivity contribution in [2.24, 2.45) is 0 Å². The lowest BCUT2D eigenvalue weighted by atomic mass is 9.69. The number of nitrogens with zero attached hydrogens (tertiary/aromatic N) is 8. The van der Waals surface area contributed by atoms with E-state index in [-0.39, 0.29) is 11.6 Å². The number of aromatic amines is 1. The van der Waals surface area contributed by atoms with Crippen molar-refractivity contribution >= 4 is 11.0 Å². The van der Waals surface area contributed by atoms with Gasteiger partial charge >= 0.3 is 0 Å². The fourth-order valence-electron chi connectivity index (χ4n) is 6.24. The standard InChI is InChI=1S/C30H33N9O/c1-37(2)18-22-11-21(16-32)12-26(13-22)40-25-4-9-38(10-5-25)24-14-30(15-24,6-7-31)39-19-23(17-36-39)28-27-3-8-33-29(27)35-20-34-28/h3,8,11-13,17,19-20,24-25H,4-6,9-10,14-15,18H2,1-2H3,(H,33,34,35)/t24-,30-. The number of fused-ring (bicyclic) bond motifs is 1. The number of nitrogens with one attached hydrogen (secondary N) is 1. The van der Waals surface area contributed by atoms with Gasteiger partial charge in [-0.1, -0.05) is 0 Å². The van der Waals surface area contributed by atoms with Gasteiger partial charge in [0.05, 0.1) is 41.6 Å². The number of nitriles is 2. The predicted molar refractivity (Wildman–Crippen MR) is 150 cm³/mol. The minimum atomic E-state index is -0.296. The fourth-order valence-corrected chi connectivity index (χ4v) is 6.24. The van der Waals surface area contributed by atoms with Crippen molar-refractivity contribution in [3.05, 3.63) is 60.3 Å². The van der Waals surface area contributed by atoms with Gasteiger partial charge in [-0.2, -0.15) is 15.6 Å². The van der Waals surface area contributed by atoms with E-state index in [1.54, 1.807) is 6.33 Å². The van der Waals surface area contributed by atoms with Gasteiger partial charge in [0, 0.05) is 49.0 Å². The second-order valence-corrected chi connectivity index (χ2v) is 11.3. The molecule has 0 atom stereocenters. The maximum absolute atomic E-state index is 9.67. The van der Waals surface area contributed by atoms with Crippen molar-refractivity contribution in [2.45, 2.75) is 56.3 Å². The van der Waals surface area contributed by atoms with E-state index < -0.39 is 0 Å². The number of piperidine rings is 1. The maximum Gasteiger partial charge on any atom is 0.141 e. The second-order valence-electron chi connectivity index (χ2n) is 11.3. The van der Waals surface area contributed by atoms with Crippen LogP contribution in [0.4, 0.5) is 0 Å². The van der Waals surface area contributed by atoms with Crippen molar-refractivity contribution in [1.29, 1.82) is 10.5 Å². The van der Waals surface area contributed by atoms with Crippen LogP contribution in [-0.2, 0) is 12.1 Å². The van der Waals surface area contributed by atoms with Crippen LogP contribution in [0.25, 0.3) is 22.3 Å². The molecule has 1 saturated heterocycles. The Balaban J connectivity index is 1.09. The minimum absolute atomic E-state index is 0.133. The summed E-state index contributed by atoms with van der Waals surface area (Å²) in [5, 5.41) is 24.8. The zero-order chi connectivity index (χ0) is 27.7. The van der Waals surface area contributed by atoms with Crippen LogP contribution in [0.2, 0.25) is 0 Å². The molecule has 2 aliphatic rings. The zero-order valence-electron chi connectivity index (χ0n) is 22.9. The van der Waals surface area contributed by atoms with E-state index in [1.165, 1.54) is 0 Å². The van der Waals surface area contributed by atoms with Gasteiger partial charge in [-0.05, 0) is 69.6 Å². The molecule has 10 heteroatoms. The molecule has 4 aromatic rings. The molecule has 1 aliphatic heterocycles. The van der Waals surface area contributed by atoms with Crippen molar-refractivity contribution < 1.29 is 4.74 Å². The molecule has 1 saturated carbocycles. The molecule has 10 nitrogen and oxygen atoms in total. The largest absolute Gasteiger partial charge is 0.490 e. The highest BCUT2D eigenvalue weighted by Gasteiger charge is 2.49. The summed E-state index contributed by atoms with van der Waals surface area (Å²) < 4.78 is 8.34. The number of hydrogen-bond acceptors (Lipinski definition) is 8. The van der Waals surface area contributed by atoms with Crippen molar-refractivity contribution in [3.63, 3.8) is 0 Å². The van der Waals surface area contributed by atoms with Crippen LogP contribution < -0.4 is 4.74 Å². The van der Waals surface area contributed by atoms with Gasteiger partial charge in [0.1, 0.15) is 23.8 Å². The van der Waals surface area contributed by atoms with Gasteiger partial charge in [-0.25, -0.2) is 9.97 Å². The number of H-pyrrole nitrogens is 1. The Labute approximate surface area is 233 Å². The molecule has 0 bridgehead atoms. The SMILES string of the molecule is CN(C)Cc1cc(C#N)cc(OC2CCN([C@H]3C[C@](CC#N)(n4cc(-c5ncnc6[nH]ccc56)cn4)C3)CC2)c1. The monoisotopic (exact) mass is 535 g/mol. The maximum atomic E-state index is 9.67. The number of hydrogen-bond donors (Lipinski definition) is 1. The summed E-state index contributed by atoms with van der Waals surface area (Å²) in [5.41, 5.74) is 3.99. The van der Waals surface area contributed by atoms with E-state index in [0.29, 0.717) is 18.0 Å². The van der Waals surface area contributed by atoms with E-state index >= 15 is 0 Å². The Morgan fingerprint density at radius 3 is 2.73 bits per heavy atom. The third-order valence-electron chi connectivity index (χ3n) is 8.23. The molecule has 6 rings (SSSR count). The summed E-state index contributed by atoms with van der Waals surface area (Å²) in [4.78, 5) is 16.5. The van der Waals surface area contributed by atoms with Gasteiger partial charge in [-0.15, -0.1) is 0 Å². The van der Waals surface area contributed by atoms with Crippen LogP contribution in [0.1, 0.15) is 43.2 Å². The zero-order valence-corrected chi connectivity index (χ0v) is 22.9. The van der Waals surface area contributed by atoms with Gasteiger partial charge in [-0.3, -0.25) is 9.58 Å². The number of aromatic nitrogens is 5. The summed E-state index contributed by atoms with van der Waals surface area (Å²) in [6.45, 7) is 2.68. The molecule has 0 radical (unpaired) electrons. The topological polar surface area (TPSA) is 123 Å². The lowest BCUT2D eigenvalue weighted by Gasteiger charge is -2.52. The van der Waals surface area contributed by atoms with Crippen LogP contribution in [-0.4, -0.2) is 73.9 Å². The van der Waals surface area contributed by atoms with E-state index in [1.807, 2.05) is 55.6 Å². The van der Waals surface area contributed by atoms with E-state index in [4.69, 9.17) is 9.84 Å². The van der Waals surface area contributed by atoms with Crippen LogP contribution in [0.5, 0.6) is 5.75 Å². The molecule has 0 unspecified atom stereocenters. The average molecular weight is 536 g/mol. The second kappa shape index (κ2) is 10.7. The lowest BCUT2D eigenvalue weighted by molar-refractivity contribution is -0.0207. The van der Waals surface area contributed by atoms with E-state index in [0.717, 1.165) is 78.9 Å². The first-order chi connectivity index (χ1) is 19.5. The highest BCUT2D eigenvalue weighted by molar-refractivity contribution is 5.90. The molecule has 3 aromatic heterocycles. The van der Waals surface area contributed by atoms with Gasteiger partial charge in [0.2, 0.25) is 0 Å². The van der Waals surface area contributed by atoms with Crippen LogP contribution in [0, 0.1) is 22.7 Å². The van der Waals surface area contributed by atoms with Crippen LogP contribution in [0.15, 0.2) is 49.2 Å². The van der Waals surface area contributed by atoms with Crippen LogP contribution in [0.3, 0.4) is 0 Å². The predicted octanol–water partition coefficient (Wildman–Crippen LogP) is 4.07. The Hall–Kier alpha value is -4.25. The number of likely N-dealkylation sites (tertiary alicyclic amines) is 1. The number of rotatable bonds is 8. The Kier molecular flexibility index (Phi) is 6.97. The van der Waals surface area contributed by atoms with Crippen molar-refractivity contribution in [1.82, 2.24) is 34.5 Å². The van der Waals surface area contributed by atoms with E-state index in [2.05, 4.69) is 43.0 Å². The van der Waals surface area contributed by atoms with Gasteiger partial charge in [0.15, 0.2) is 0 Å². The average Bonchev–Trinajstić information content (AvgIpc) is 3.61. The smallest absolute Gasteiger partial charge is 0.141 e. The first kappa shape index (κ1) is 26.0. The summed E-state index contributed by atoms with van der Waals surface area (Å²) in [6.07, 6.45) is 11.5. The quantitative estimate of drug-likeness (QED) is 0.358. The summed E-state index contributed by atoms with van der Waals surface area (Å²) >= 11 is 0. The Bertz CT molecular complexity index is 1580. The highest BCUT2D eigenvalue weighted by atomic mass is 16.5. The fraction of sp³-hybridized carbons (Fsp3) is 0.433. The molecule has 4 heterocycles. The molecule has 1 aliphatic carbocycles. The molecular formula is C30H33N9O. The Morgan fingerprint density at radius 2 is 1.98 bits per heavy atom. The summed E-state index contributed by atoms with van der Waals surface area (Å²) in [6, 6.07) is 12.9. The van der Waals surface area contributed by atoms with Crippen molar-refractivity contribution in [2.75, 3.05) is 27.2 Å². The molecule has 2 fully saturated rings. The van der Waals surface area contributed by atoms with Gasteiger partial charge < -0.3 is 14.6 Å². The van der Waals surface area contributed by atoms with Crippen molar-refractivity contribution in [3.8, 4) is 29.1 Å². The summed E-state index contributed by atoms with van der Waals surface area (Å²) in [7, 11) is 4.04.